The standard InChI is InChI=1S/C32H40F3N5O3/c1-36-31(41)22-10-15-28(30(19-22)43-4)37-16-6-7-25-20-26-27(8-5-9-29(26)40(25)21-32(33,34)35)38-23-11-13-24(14-12-23)39(2)17-18-42-3/h5,8-10,15,19-20,23-24,37-38H,11-14,16-18,21H2,1-4H3,(H,36,41)/t23-,24+. The first-order chi connectivity index (χ1) is 20.6. The van der Waals surface area contributed by atoms with Crippen molar-refractivity contribution in [3.63, 3.8) is 0 Å². The Morgan fingerprint density at radius 1 is 1.09 bits per heavy atom. The van der Waals surface area contributed by atoms with Gasteiger partial charge in [-0.3, -0.25) is 4.79 Å². The lowest BCUT2D eigenvalue weighted by Crippen LogP contribution is -2.39. The molecule has 0 aliphatic heterocycles. The Kier molecular flexibility index (Phi) is 10.8. The molecular formula is C32H40F3N5O3. The molecule has 232 valence electrons. The number of carbonyl (C=O) groups excluding carboxylic acids is 1. The number of aromatic nitrogens is 1. The molecule has 4 rings (SSSR count). The summed E-state index contributed by atoms with van der Waals surface area (Å²) in [6.45, 7) is 0.622. The molecule has 0 atom stereocenters. The van der Waals surface area contributed by atoms with Gasteiger partial charge in [0.05, 0.1) is 37.2 Å². The number of hydrogen-bond acceptors (Lipinski definition) is 6. The Bertz CT molecular complexity index is 1450. The third-order valence-corrected chi connectivity index (χ3v) is 7.89. The fourth-order valence-electron chi connectivity index (χ4n) is 5.56. The molecule has 1 aliphatic rings. The molecule has 1 heterocycles. The van der Waals surface area contributed by atoms with Gasteiger partial charge in [-0.15, -0.1) is 0 Å². The third-order valence-electron chi connectivity index (χ3n) is 7.89. The average Bonchev–Trinajstić information content (AvgIpc) is 3.34. The number of fused-ring (bicyclic) bond motifs is 1. The molecule has 8 nitrogen and oxygen atoms in total. The maximum atomic E-state index is 13.6. The molecule has 3 N–H and O–H groups in total. The van der Waals surface area contributed by atoms with Crippen LogP contribution in [0.3, 0.4) is 0 Å². The van der Waals surface area contributed by atoms with E-state index in [1.165, 1.54) is 11.7 Å². The monoisotopic (exact) mass is 599 g/mol. The summed E-state index contributed by atoms with van der Waals surface area (Å²) >= 11 is 0. The lowest BCUT2D eigenvalue weighted by Gasteiger charge is -2.35. The van der Waals surface area contributed by atoms with E-state index in [0.29, 0.717) is 35.2 Å². The number of alkyl halides is 3. The number of halogens is 3. The van der Waals surface area contributed by atoms with Crippen LogP contribution in [-0.2, 0) is 11.3 Å². The lowest BCUT2D eigenvalue weighted by atomic mass is 9.90. The van der Waals surface area contributed by atoms with E-state index in [4.69, 9.17) is 9.47 Å². The van der Waals surface area contributed by atoms with E-state index < -0.39 is 12.7 Å². The normalized spacial score (nSPS) is 16.9. The second-order valence-corrected chi connectivity index (χ2v) is 10.7. The Morgan fingerprint density at radius 3 is 2.53 bits per heavy atom. The molecule has 0 bridgehead atoms. The summed E-state index contributed by atoms with van der Waals surface area (Å²) < 4.78 is 52.7. The Balaban J connectivity index is 1.51. The van der Waals surface area contributed by atoms with E-state index in [1.54, 1.807) is 50.6 Å². The predicted octanol–water partition coefficient (Wildman–Crippen LogP) is 5.34. The van der Waals surface area contributed by atoms with Crippen molar-refractivity contribution >= 4 is 28.2 Å². The van der Waals surface area contributed by atoms with Gasteiger partial charge in [0.2, 0.25) is 0 Å². The molecule has 43 heavy (non-hydrogen) atoms. The zero-order chi connectivity index (χ0) is 31.0. The highest BCUT2D eigenvalue weighted by Gasteiger charge is 2.30. The second kappa shape index (κ2) is 14.5. The van der Waals surface area contributed by atoms with Crippen molar-refractivity contribution in [3.8, 4) is 17.6 Å². The van der Waals surface area contributed by atoms with Gasteiger partial charge < -0.3 is 34.9 Å². The number of carbonyl (C=O) groups is 1. The Hall–Kier alpha value is -3.88. The molecule has 0 radical (unpaired) electrons. The van der Waals surface area contributed by atoms with Gasteiger partial charge in [0.1, 0.15) is 12.3 Å². The predicted molar refractivity (Wildman–Crippen MR) is 164 cm³/mol. The van der Waals surface area contributed by atoms with Crippen LogP contribution in [-0.4, -0.2) is 81.6 Å². The van der Waals surface area contributed by atoms with Crippen molar-refractivity contribution in [1.82, 2.24) is 14.8 Å². The third kappa shape index (κ3) is 8.36. The highest BCUT2D eigenvalue weighted by molar-refractivity contribution is 5.95. The number of methoxy groups -OCH3 is 2. The van der Waals surface area contributed by atoms with Gasteiger partial charge in [0, 0.05) is 49.4 Å². The zero-order valence-corrected chi connectivity index (χ0v) is 25.1. The number of hydrogen-bond donors (Lipinski definition) is 3. The first kappa shape index (κ1) is 32.0. The van der Waals surface area contributed by atoms with Crippen LogP contribution in [0.15, 0.2) is 42.5 Å². The van der Waals surface area contributed by atoms with Crippen molar-refractivity contribution < 1.29 is 27.4 Å². The Labute approximate surface area is 250 Å². The van der Waals surface area contributed by atoms with E-state index in [-0.39, 0.29) is 24.2 Å². The molecule has 0 saturated heterocycles. The fourth-order valence-corrected chi connectivity index (χ4v) is 5.56. The number of benzene rings is 2. The average molecular weight is 600 g/mol. The zero-order valence-electron chi connectivity index (χ0n) is 25.1. The van der Waals surface area contributed by atoms with Crippen LogP contribution < -0.4 is 20.7 Å². The van der Waals surface area contributed by atoms with Crippen LogP contribution in [0, 0.1) is 11.8 Å². The van der Waals surface area contributed by atoms with Gasteiger partial charge in [-0.1, -0.05) is 12.0 Å². The minimum atomic E-state index is -4.41. The van der Waals surface area contributed by atoms with E-state index in [1.807, 2.05) is 6.07 Å². The van der Waals surface area contributed by atoms with Crippen LogP contribution in [0.2, 0.25) is 0 Å². The topological polar surface area (TPSA) is 79.8 Å². The highest BCUT2D eigenvalue weighted by atomic mass is 19.4. The maximum Gasteiger partial charge on any atom is 0.406 e. The van der Waals surface area contributed by atoms with Crippen molar-refractivity contribution in [2.75, 3.05) is 58.6 Å². The van der Waals surface area contributed by atoms with Crippen molar-refractivity contribution in [3.05, 3.63) is 53.7 Å². The first-order valence-corrected chi connectivity index (χ1v) is 14.4. The van der Waals surface area contributed by atoms with E-state index in [2.05, 4.69) is 39.7 Å². The molecule has 0 spiro atoms. The summed E-state index contributed by atoms with van der Waals surface area (Å²) in [7, 11) is 6.87. The van der Waals surface area contributed by atoms with E-state index in [9.17, 15) is 18.0 Å². The number of anilines is 2. The first-order valence-electron chi connectivity index (χ1n) is 14.4. The number of amides is 1. The van der Waals surface area contributed by atoms with Crippen LogP contribution >= 0.6 is 0 Å². The van der Waals surface area contributed by atoms with Crippen molar-refractivity contribution in [1.29, 1.82) is 0 Å². The summed E-state index contributed by atoms with van der Waals surface area (Å²) in [6, 6.07) is 12.9. The number of rotatable bonds is 11. The summed E-state index contributed by atoms with van der Waals surface area (Å²) in [5.41, 5.74) is 2.65. The van der Waals surface area contributed by atoms with Crippen LogP contribution in [0.1, 0.15) is 41.7 Å². The fraction of sp³-hybridized carbons (Fsp3) is 0.469. The van der Waals surface area contributed by atoms with Gasteiger partial charge in [-0.25, -0.2) is 0 Å². The number of nitrogens with one attached hydrogen (secondary N) is 3. The van der Waals surface area contributed by atoms with E-state index >= 15 is 0 Å². The molecule has 2 aromatic carbocycles. The molecule has 1 fully saturated rings. The Morgan fingerprint density at radius 2 is 1.86 bits per heavy atom. The summed E-state index contributed by atoms with van der Waals surface area (Å²) in [5, 5.41) is 10.0. The molecule has 1 saturated carbocycles. The minimum absolute atomic E-state index is 0.163. The van der Waals surface area contributed by atoms with Crippen LogP contribution in [0.5, 0.6) is 5.75 Å². The second-order valence-electron chi connectivity index (χ2n) is 10.7. The van der Waals surface area contributed by atoms with Crippen LogP contribution in [0.4, 0.5) is 24.5 Å². The summed E-state index contributed by atoms with van der Waals surface area (Å²) in [4.78, 5) is 14.3. The van der Waals surface area contributed by atoms with Gasteiger partial charge >= 0.3 is 6.18 Å². The maximum absolute atomic E-state index is 13.6. The number of ether oxygens (including phenoxy) is 2. The van der Waals surface area contributed by atoms with Gasteiger partial charge in [0.15, 0.2) is 0 Å². The lowest BCUT2D eigenvalue weighted by molar-refractivity contribution is -0.140. The number of nitrogens with zero attached hydrogens (tertiary/aromatic N) is 2. The molecule has 0 unspecified atom stereocenters. The molecule has 3 aromatic rings. The molecule has 1 aliphatic carbocycles. The minimum Gasteiger partial charge on any atom is -0.495 e. The summed E-state index contributed by atoms with van der Waals surface area (Å²) in [6.07, 6.45) is -0.351. The van der Waals surface area contributed by atoms with Crippen LogP contribution in [0.25, 0.3) is 10.9 Å². The van der Waals surface area contributed by atoms with Crippen molar-refractivity contribution in [2.24, 2.45) is 0 Å². The largest absolute Gasteiger partial charge is 0.495 e. The van der Waals surface area contributed by atoms with Gasteiger partial charge in [-0.2, -0.15) is 13.2 Å². The summed E-state index contributed by atoms with van der Waals surface area (Å²) in [5.74, 6) is 6.11. The quantitative estimate of drug-likeness (QED) is 0.259. The molecular weight excluding hydrogens is 559 g/mol. The van der Waals surface area contributed by atoms with Crippen molar-refractivity contribution in [2.45, 2.75) is 50.5 Å². The van der Waals surface area contributed by atoms with Gasteiger partial charge in [0.25, 0.3) is 5.91 Å². The SMILES string of the molecule is CNC(=O)c1ccc(NCC#Cc2cc3c(N[C@H]4CC[C@@H](N(C)CCOC)CC4)cccc3n2CC(F)(F)F)c(OC)c1. The van der Waals surface area contributed by atoms with Gasteiger partial charge in [-0.05, 0) is 75.0 Å². The van der Waals surface area contributed by atoms with E-state index in [0.717, 1.165) is 43.3 Å². The highest BCUT2D eigenvalue weighted by Crippen LogP contribution is 2.33. The number of likely N-dealkylation sites (N-methyl/N-ethyl adjacent to an activating group) is 1. The smallest absolute Gasteiger partial charge is 0.406 e. The molecule has 1 aromatic heterocycles. The molecule has 11 heteroatoms. The molecule has 1 amide bonds.